The van der Waals surface area contributed by atoms with Gasteiger partial charge in [0.15, 0.2) is 0 Å². The molecule has 0 amide bonds. The first-order chi connectivity index (χ1) is 10.4. The van der Waals surface area contributed by atoms with Crippen LogP contribution in [0.1, 0.15) is 62.6 Å². The Morgan fingerprint density at radius 1 is 1.27 bits per heavy atom. The number of halogens is 1. The maximum Gasteiger partial charge on any atom is 0.149 e. The van der Waals surface area contributed by atoms with E-state index in [9.17, 15) is 0 Å². The van der Waals surface area contributed by atoms with Crippen LogP contribution < -0.4 is 0 Å². The second-order valence-electron chi connectivity index (χ2n) is 7.38. The van der Waals surface area contributed by atoms with Crippen LogP contribution >= 0.6 is 22.9 Å². The predicted octanol–water partition coefficient (Wildman–Crippen LogP) is 4.87. The molecule has 116 valence electrons. The van der Waals surface area contributed by atoms with E-state index in [0.29, 0.717) is 6.04 Å². The predicted molar refractivity (Wildman–Crippen MR) is 90.9 cm³/mol. The normalized spacial score (nSPS) is 24.5. The van der Waals surface area contributed by atoms with Crippen molar-refractivity contribution in [3.63, 3.8) is 0 Å². The monoisotopic (exact) mass is 333 g/mol. The lowest BCUT2D eigenvalue weighted by Gasteiger charge is -2.35. The number of hydrogen-bond acceptors (Lipinski definition) is 3. The average molecular weight is 334 g/mol. The van der Waals surface area contributed by atoms with Crippen molar-refractivity contribution >= 4 is 22.9 Å². The van der Waals surface area contributed by atoms with Gasteiger partial charge in [0.25, 0.3) is 0 Å². The number of aromatic nitrogens is 3. The SMILES string of the molecule is CC(C)(C)c1nnc(C2(c3ccc(Cl)s3)C=CC2)n1C1CC1. The molecule has 0 aliphatic heterocycles. The molecule has 2 aliphatic carbocycles. The third kappa shape index (κ3) is 2.08. The Balaban J connectivity index is 1.89. The summed E-state index contributed by atoms with van der Waals surface area (Å²) in [5, 5.41) is 9.23. The van der Waals surface area contributed by atoms with Crippen LogP contribution in [0, 0.1) is 0 Å². The van der Waals surface area contributed by atoms with Crippen LogP contribution in [0.2, 0.25) is 4.34 Å². The Morgan fingerprint density at radius 3 is 2.45 bits per heavy atom. The van der Waals surface area contributed by atoms with E-state index in [0.717, 1.165) is 22.4 Å². The van der Waals surface area contributed by atoms with Crippen molar-refractivity contribution in [3.05, 3.63) is 45.1 Å². The van der Waals surface area contributed by atoms with Crippen LogP contribution in [-0.4, -0.2) is 14.8 Å². The highest BCUT2D eigenvalue weighted by Crippen LogP contribution is 2.49. The van der Waals surface area contributed by atoms with E-state index < -0.39 is 0 Å². The van der Waals surface area contributed by atoms with E-state index in [2.05, 4.69) is 53.8 Å². The highest BCUT2D eigenvalue weighted by Gasteiger charge is 2.45. The summed E-state index contributed by atoms with van der Waals surface area (Å²) in [5.41, 5.74) is -0.119. The molecule has 4 rings (SSSR count). The van der Waals surface area contributed by atoms with Crippen LogP contribution in [0.25, 0.3) is 0 Å². The Morgan fingerprint density at radius 2 is 2.00 bits per heavy atom. The summed E-state index contributed by atoms with van der Waals surface area (Å²) >= 11 is 7.84. The molecule has 1 saturated carbocycles. The van der Waals surface area contributed by atoms with E-state index >= 15 is 0 Å². The van der Waals surface area contributed by atoms with E-state index in [-0.39, 0.29) is 10.8 Å². The molecule has 2 aliphatic rings. The van der Waals surface area contributed by atoms with Crippen molar-refractivity contribution in [3.8, 4) is 0 Å². The summed E-state index contributed by atoms with van der Waals surface area (Å²) < 4.78 is 3.25. The number of hydrogen-bond donors (Lipinski definition) is 0. The van der Waals surface area contributed by atoms with Gasteiger partial charge in [0.05, 0.1) is 9.75 Å². The molecular formula is C17H20ClN3S. The van der Waals surface area contributed by atoms with Crippen LogP contribution in [0.15, 0.2) is 24.3 Å². The summed E-state index contributed by atoms with van der Waals surface area (Å²) in [6.45, 7) is 6.64. The lowest BCUT2D eigenvalue weighted by molar-refractivity contribution is 0.468. The highest BCUT2D eigenvalue weighted by atomic mass is 35.5. The van der Waals surface area contributed by atoms with Crippen molar-refractivity contribution in [1.82, 2.24) is 14.8 Å². The minimum absolute atomic E-state index is 0.00951. The van der Waals surface area contributed by atoms with Crippen molar-refractivity contribution in [1.29, 1.82) is 0 Å². The second kappa shape index (κ2) is 4.68. The molecule has 22 heavy (non-hydrogen) atoms. The molecule has 2 aromatic rings. The zero-order valence-corrected chi connectivity index (χ0v) is 14.7. The third-order valence-electron chi connectivity index (χ3n) is 4.53. The highest BCUT2D eigenvalue weighted by molar-refractivity contribution is 7.16. The molecule has 2 aromatic heterocycles. The summed E-state index contributed by atoms with van der Waals surface area (Å²) in [4.78, 5) is 1.27. The van der Waals surface area contributed by atoms with E-state index in [1.807, 2.05) is 6.07 Å². The second-order valence-corrected chi connectivity index (χ2v) is 9.10. The maximum absolute atomic E-state index is 6.18. The molecule has 0 bridgehead atoms. The smallest absolute Gasteiger partial charge is 0.149 e. The molecule has 0 saturated heterocycles. The van der Waals surface area contributed by atoms with Crippen molar-refractivity contribution < 1.29 is 0 Å². The zero-order chi connectivity index (χ0) is 15.5. The first-order valence-electron chi connectivity index (χ1n) is 7.81. The van der Waals surface area contributed by atoms with E-state index in [1.165, 1.54) is 17.7 Å². The Bertz CT molecular complexity index is 748. The van der Waals surface area contributed by atoms with Crippen molar-refractivity contribution in [2.45, 2.75) is 56.9 Å². The Hall–Kier alpha value is -1.13. The summed E-state index contributed by atoms with van der Waals surface area (Å²) in [6, 6.07) is 4.69. The van der Waals surface area contributed by atoms with E-state index in [1.54, 1.807) is 11.3 Å². The fourth-order valence-electron chi connectivity index (χ4n) is 3.15. The molecule has 0 aromatic carbocycles. The van der Waals surface area contributed by atoms with Gasteiger partial charge in [-0.05, 0) is 31.4 Å². The van der Waals surface area contributed by atoms with E-state index in [4.69, 9.17) is 11.6 Å². The molecule has 0 spiro atoms. The molecule has 1 unspecified atom stereocenters. The number of rotatable bonds is 3. The maximum atomic E-state index is 6.18. The molecule has 1 atom stereocenters. The topological polar surface area (TPSA) is 30.7 Å². The molecule has 1 fully saturated rings. The first kappa shape index (κ1) is 14.5. The van der Waals surface area contributed by atoms with Crippen LogP contribution in [-0.2, 0) is 10.8 Å². The quantitative estimate of drug-likeness (QED) is 0.750. The third-order valence-corrected chi connectivity index (χ3v) is 5.94. The lowest BCUT2D eigenvalue weighted by atomic mass is 9.74. The van der Waals surface area contributed by atoms with Crippen molar-refractivity contribution in [2.24, 2.45) is 0 Å². The van der Waals surface area contributed by atoms with Crippen LogP contribution in [0.5, 0.6) is 0 Å². The van der Waals surface area contributed by atoms with Gasteiger partial charge in [-0.3, -0.25) is 0 Å². The zero-order valence-electron chi connectivity index (χ0n) is 13.1. The summed E-state index contributed by atoms with van der Waals surface area (Å²) in [6.07, 6.45) is 7.94. The first-order valence-corrected chi connectivity index (χ1v) is 9.01. The van der Waals surface area contributed by atoms with Crippen LogP contribution in [0.3, 0.4) is 0 Å². The average Bonchev–Trinajstić information content (AvgIpc) is 2.97. The lowest BCUT2D eigenvalue weighted by Crippen LogP contribution is -2.33. The van der Waals surface area contributed by atoms with Crippen LogP contribution in [0.4, 0.5) is 0 Å². The number of allylic oxidation sites excluding steroid dienone is 2. The van der Waals surface area contributed by atoms with Gasteiger partial charge < -0.3 is 4.57 Å². The van der Waals surface area contributed by atoms with Gasteiger partial charge in [0, 0.05) is 16.3 Å². The Kier molecular flexibility index (Phi) is 3.08. The largest absolute Gasteiger partial charge is 0.310 e. The summed E-state index contributed by atoms with van der Waals surface area (Å²) in [7, 11) is 0. The van der Waals surface area contributed by atoms with Gasteiger partial charge >= 0.3 is 0 Å². The minimum Gasteiger partial charge on any atom is -0.310 e. The standard InChI is InChI=1S/C17H20ClN3S/c1-16(2,3)14-19-20-15(21(14)11-5-6-11)17(9-4-10-17)12-7-8-13(18)22-12/h4,7-9,11H,5-6,10H2,1-3H3. The minimum atomic E-state index is -0.128. The number of nitrogens with zero attached hydrogens (tertiary/aromatic N) is 3. The summed E-state index contributed by atoms with van der Waals surface area (Å²) in [5.74, 6) is 2.20. The fraction of sp³-hybridized carbons (Fsp3) is 0.529. The van der Waals surface area contributed by atoms with Gasteiger partial charge in [0.2, 0.25) is 0 Å². The van der Waals surface area contributed by atoms with Crippen molar-refractivity contribution in [2.75, 3.05) is 0 Å². The van der Waals surface area contributed by atoms with Gasteiger partial charge in [0.1, 0.15) is 11.6 Å². The molecule has 0 radical (unpaired) electrons. The molecule has 2 heterocycles. The molecule has 5 heteroatoms. The molecular weight excluding hydrogens is 314 g/mol. The Labute approximate surface area is 140 Å². The molecule has 3 nitrogen and oxygen atoms in total. The fourth-order valence-corrected chi connectivity index (χ4v) is 4.37. The number of thiophene rings is 1. The van der Waals surface area contributed by atoms with Gasteiger partial charge in [-0.1, -0.05) is 44.5 Å². The molecule has 0 N–H and O–H groups in total. The van der Waals surface area contributed by atoms with Gasteiger partial charge in [-0.2, -0.15) is 0 Å². The van der Waals surface area contributed by atoms with Gasteiger partial charge in [-0.15, -0.1) is 21.5 Å². The van der Waals surface area contributed by atoms with Gasteiger partial charge in [-0.25, -0.2) is 0 Å².